The Labute approximate surface area is 159 Å². The predicted octanol–water partition coefficient (Wildman–Crippen LogP) is 2.85. The molecule has 0 bridgehead atoms. The maximum Gasteiger partial charge on any atom is 0.251 e. The Bertz CT molecular complexity index is 741. The SMILES string of the molecule is CCCNC(=O)c1cccc(CN=C(NCC)NCc2ncc(C)s2)c1. The smallest absolute Gasteiger partial charge is 0.251 e. The predicted molar refractivity (Wildman–Crippen MR) is 108 cm³/mol. The minimum absolute atomic E-state index is 0.0400. The number of hydrogen-bond acceptors (Lipinski definition) is 4. The molecule has 0 radical (unpaired) electrons. The molecule has 0 unspecified atom stereocenters. The fourth-order valence-corrected chi connectivity index (χ4v) is 3.03. The van der Waals surface area contributed by atoms with Gasteiger partial charge < -0.3 is 16.0 Å². The lowest BCUT2D eigenvalue weighted by Gasteiger charge is -2.10. The van der Waals surface area contributed by atoms with E-state index in [1.165, 1.54) is 4.88 Å². The molecule has 6 nitrogen and oxygen atoms in total. The van der Waals surface area contributed by atoms with E-state index in [2.05, 4.69) is 25.9 Å². The van der Waals surface area contributed by atoms with Gasteiger partial charge in [-0.05, 0) is 38.0 Å². The van der Waals surface area contributed by atoms with E-state index >= 15 is 0 Å². The Morgan fingerprint density at radius 2 is 2.08 bits per heavy atom. The Morgan fingerprint density at radius 3 is 2.77 bits per heavy atom. The maximum absolute atomic E-state index is 12.1. The third kappa shape index (κ3) is 6.48. The number of rotatable bonds is 8. The van der Waals surface area contributed by atoms with Gasteiger partial charge in [-0.3, -0.25) is 4.79 Å². The van der Waals surface area contributed by atoms with Crippen molar-refractivity contribution in [2.75, 3.05) is 13.1 Å². The molecule has 7 heteroatoms. The average molecular weight is 374 g/mol. The molecule has 0 aliphatic carbocycles. The normalized spacial score (nSPS) is 11.3. The van der Waals surface area contributed by atoms with E-state index in [1.807, 2.05) is 51.2 Å². The van der Waals surface area contributed by atoms with Crippen molar-refractivity contribution in [3.63, 3.8) is 0 Å². The van der Waals surface area contributed by atoms with Crippen LogP contribution in [0.3, 0.4) is 0 Å². The third-order valence-electron chi connectivity index (χ3n) is 3.56. The van der Waals surface area contributed by atoms with Gasteiger partial charge in [-0.2, -0.15) is 0 Å². The molecule has 0 saturated carbocycles. The summed E-state index contributed by atoms with van der Waals surface area (Å²) < 4.78 is 0. The van der Waals surface area contributed by atoms with E-state index in [0.29, 0.717) is 25.2 Å². The molecular weight excluding hydrogens is 346 g/mol. The lowest BCUT2D eigenvalue weighted by atomic mass is 10.1. The van der Waals surface area contributed by atoms with E-state index < -0.39 is 0 Å². The van der Waals surface area contributed by atoms with Crippen LogP contribution in [0.4, 0.5) is 0 Å². The summed E-state index contributed by atoms with van der Waals surface area (Å²) in [5, 5.41) is 10.5. The zero-order chi connectivity index (χ0) is 18.8. The molecule has 3 N–H and O–H groups in total. The van der Waals surface area contributed by atoms with Crippen LogP contribution < -0.4 is 16.0 Å². The summed E-state index contributed by atoms with van der Waals surface area (Å²) in [5.74, 6) is 0.697. The number of aromatic nitrogens is 1. The van der Waals surface area contributed by atoms with Gasteiger partial charge in [0.1, 0.15) is 5.01 Å². The second kappa shape index (κ2) is 10.6. The zero-order valence-electron chi connectivity index (χ0n) is 15.6. The van der Waals surface area contributed by atoms with E-state index in [-0.39, 0.29) is 5.91 Å². The quantitative estimate of drug-likeness (QED) is 0.491. The first-order chi connectivity index (χ1) is 12.6. The molecule has 0 spiro atoms. The molecule has 1 aromatic carbocycles. The minimum atomic E-state index is -0.0400. The van der Waals surface area contributed by atoms with Crippen molar-refractivity contribution in [2.45, 2.75) is 40.3 Å². The molecule has 1 aromatic heterocycles. The number of benzene rings is 1. The van der Waals surface area contributed by atoms with Gasteiger partial charge in [-0.15, -0.1) is 11.3 Å². The molecule has 2 aromatic rings. The fraction of sp³-hybridized carbons (Fsp3) is 0.421. The van der Waals surface area contributed by atoms with Crippen LogP contribution >= 0.6 is 11.3 Å². The van der Waals surface area contributed by atoms with Gasteiger partial charge in [0.25, 0.3) is 5.91 Å². The molecule has 0 saturated heterocycles. The number of nitrogens with zero attached hydrogens (tertiary/aromatic N) is 2. The van der Waals surface area contributed by atoms with Crippen LogP contribution in [0.5, 0.6) is 0 Å². The summed E-state index contributed by atoms with van der Waals surface area (Å²) in [5.41, 5.74) is 1.67. The molecule has 0 fully saturated rings. The van der Waals surface area contributed by atoms with Gasteiger partial charge in [0.2, 0.25) is 0 Å². The molecular formula is C19H27N5OS. The molecule has 1 amide bonds. The maximum atomic E-state index is 12.1. The summed E-state index contributed by atoms with van der Waals surface area (Å²) in [6.07, 6.45) is 2.80. The fourth-order valence-electron chi connectivity index (χ4n) is 2.31. The highest BCUT2D eigenvalue weighted by molar-refractivity contribution is 7.11. The first-order valence-electron chi connectivity index (χ1n) is 8.93. The minimum Gasteiger partial charge on any atom is -0.357 e. The first-order valence-corrected chi connectivity index (χ1v) is 9.74. The number of aliphatic imine (C=N–C) groups is 1. The van der Waals surface area contributed by atoms with E-state index in [0.717, 1.165) is 29.5 Å². The Hall–Kier alpha value is -2.41. The standard InChI is InChI=1S/C19H27N5OS/c1-4-9-21-18(25)16-8-6-7-15(10-16)12-23-19(20-5-2)24-13-17-22-11-14(3)26-17/h6-8,10-11H,4-5,9,12-13H2,1-3H3,(H,21,25)(H2,20,23,24). The van der Waals surface area contributed by atoms with Crippen molar-refractivity contribution < 1.29 is 4.79 Å². The number of thiazole rings is 1. The Morgan fingerprint density at radius 1 is 1.23 bits per heavy atom. The van der Waals surface area contributed by atoms with Crippen LogP contribution in [0.15, 0.2) is 35.5 Å². The zero-order valence-corrected chi connectivity index (χ0v) is 16.4. The number of guanidine groups is 1. The summed E-state index contributed by atoms with van der Waals surface area (Å²) in [4.78, 5) is 22.2. The van der Waals surface area contributed by atoms with E-state index in [1.54, 1.807) is 11.3 Å². The van der Waals surface area contributed by atoms with Gasteiger partial charge in [-0.1, -0.05) is 19.1 Å². The lowest BCUT2D eigenvalue weighted by Crippen LogP contribution is -2.36. The van der Waals surface area contributed by atoms with Crippen LogP contribution in [-0.4, -0.2) is 29.9 Å². The Balaban J connectivity index is 1.98. The molecule has 2 rings (SSSR count). The van der Waals surface area contributed by atoms with Crippen molar-refractivity contribution in [1.82, 2.24) is 20.9 Å². The topological polar surface area (TPSA) is 78.4 Å². The van der Waals surface area contributed by atoms with Gasteiger partial charge in [0.05, 0.1) is 13.1 Å². The number of carbonyl (C=O) groups excluding carboxylic acids is 1. The first kappa shape index (κ1) is 19.9. The average Bonchev–Trinajstić information content (AvgIpc) is 3.07. The van der Waals surface area contributed by atoms with Crippen LogP contribution in [0.2, 0.25) is 0 Å². The van der Waals surface area contributed by atoms with Gasteiger partial charge in [-0.25, -0.2) is 9.98 Å². The number of hydrogen-bond donors (Lipinski definition) is 3. The molecule has 1 heterocycles. The van der Waals surface area contributed by atoms with Gasteiger partial charge in [0.15, 0.2) is 5.96 Å². The highest BCUT2D eigenvalue weighted by atomic mass is 32.1. The third-order valence-corrected chi connectivity index (χ3v) is 4.48. The second-order valence-corrected chi connectivity index (χ2v) is 7.19. The van der Waals surface area contributed by atoms with Crippen molar-refractivity contribution >= 4 is 23.2 Å². The number of nitrogens with one attached hydrogen (secondary N) is 3. The molecule has 140 valence electrons. The summed E-state index contributed by atoms with van der Waals surface area (Å²) in [6.45, 7) is 8.72. The summed E-state index contributed by atoms with van der Waals surface area (Å²) in [6, 6.07) is 7.59. The monoisotopic (exact) mass is 373 g/mol. The highest BCUT2D eigenvalue weighted by Crippen LogP contribution is 2.10. The highest BCUT2D eigenvalue weighted by Gasteiger charge is 2.06. The van der Waals surface area contributed by atoms with Gasteiger partial charge >= 0.3 is 0 Å². The molecule has 0 aliphatic heterocycles. The molecule has 0 atom stereocenters. The van der Waals surface area contributed by atoms with Crippen molar-refractivity contribution in [1.29, 1.82) is 0 Å². The summed E-state index contributed by atoms with van der Waals surface area (Å²) >= 11 is 1.67. The van der Waals surface area contributed by atoms with Crippen LogP contribution in [0.1, 0.15) is 46.1 Å². The van der Waals surface area contributed by atoms with Crippen LogP contribution in [-0.2, 0) is 13.1 Å². The van der Waals surface area contributed by atoms with Crippen molar-refractivity contribution in [3.8, 4) is 0 Å². The number of amides is 1. The van der Waals surface area contributed by atoms with Gasteiger partial charge in [0, 0.05) is 29.7 Å². The second-order valence-electron chi connectivity index (χ2n) is 5.87. The largest absolute Gasteiger partial charge is 0.357 e. The number of carbonyl (C=O) groups is 1. The molecule has 26 heavy (non-hydrogen) atoms. The molecule has 0 aliphatic rings. The Kier molecular flexibility index (Phi) is 8.08. The van der Waals surface area contributed by atoms with Crippen molar-refractivity contribution in [2.24, 2.45) is 4.99 Å². The van der Waals surface area contributed by atoms with Crippen molar-refractivity contribution in [3.05, 3.63) is 51.5 Å². The summed E-state index contributed by atoms with van der Waals surface area (Å²) in [7, 11) is 0. The van der Waals surface area contributed by atoms with E-state index in [9.17, 15) is 4.79 Å². The lowest BCUT2D eigenvalue weighted by molar-refractivity contribution is 0.0953. The van der Waals surface area contributed by atoms with Crippen LogP contribution in [0.25, 0.3) is 0 Å². The van der Waals surface area contributed by atoms with E-state index in [4.69, 9.17) is 0 Å². The number of aryl methyl sites for hydroxylation is 1. The van der Waals surface area contributed by atoms with Crippen LogP contribution in [0, 0.1) is 6.92 Å².